The Morgan fingerprint density at radius 2 is 1.95 bits per heavy atom. The van der Waals surface area contributed by atoms with E-state index in [4.69, 9.17) is 14.2 Å². The summed E-state index contributed by atoms with van der Waals surface area (Å²) in [6.07, 6.45) is 4.09. The van der Waals surface area contributed by atoms with Crippen molar-refractivity contribution in [3.05, 3.63) is 23.0 Å². The molecule has 0 bridgehead atoms. The van der Waals surface area contributed by atoms with Gasteiger partial charge in [-0.25, -0.2) is 0 Å². The van der Waals surface area contributed by atoms with Crippen LogP contribution in [-0.4, -0.2) is 50.6 Å². The molecule has 4 nitrogen and oxygen atoms in total. The van der Waals surface area contributed by atoms with Gasteiger partial charge in [-0.05, 0) is 58.5 Å². The number of hydrogen-bond donors (Lipinski definition) is 0. The van der Waals surface area contributed by atoms with Crippen LogP contribution in [0.15, 0.2) is 23.0 Å². The van der Waals surface area contributed by atoms with Crippen LogP contribution < -0.4 is 0 Å². The molecule has 0 aromatic rings. The third-order valence-electron chi connectivity index (χ3n) is 4.50. The lowest BCUT2D eigenvalue weighted by molar-refractivity contribution is -0.0523. The van der Waals surface area contributed by atoms with Gasteiger partial charge >= 0.3 is 0 Å². The van der Waals surface area contributed by atoms with E-state index in [1.807, 2.05) is 6.92 Å². The maximum absolute atomic E-state index is 5.78. The fourth-order valence-electron chi connectivity index (χ4n) is 3.11. The van der Waals surface area contributed by atoms with Crippen molar-refractivity contribution in [3.8, 4) is 0 Å². The van der Waals surface area contributed by atoms with Crippen molar-refractivity contribution >= 4 is 0 Å². The Bertz CT molecular complexity index is 408. The number of ether oxygens (including phenoxy) is 3. The molecular weight excluding hydrogens is 254 g/mol. The van der Waals surface area contributed by atoms with Gasteiger partial charge in [0.2, 0.25) is 0 Å². The first kappa shape index (κ1) is 15.5. The first-order valence-corrected chi connectivity index (χ1v) is 7.46. The van der Waals surface area contributed by atoms with Crippen molar-refractivity contribution in [1.29, 1.82) is 0 Å². The Hall–Kier alpha value is -0.840. The lowest BCUT2D eigenvalue weighted by Crippen LogP contribution is -2.43. The molecule has 1 fully saturated rings. The highest BCUT2D eigenvalue weighted by atomic mass is 16.7. The second kappa shape index (κ2) is 6.29. The molecule has 1 saturated heterocycles. The fraction of sp³-hybridized carbons (Fsp3) is 0.750. The Morgan fingerprint density at radius 1 is 1.30 bits per heavy atom. The summed E-state index contributed by atoms with van der Waals surface area (Å²) in [6, 6.07) is 0. The second-order valence-electron chi connectivity index (χ2n) is 5.72. The molecule has 0 N–H and O–H groups in total. The second-order valence-corrected chi connectivity index (χ2v) is 5.72. The first-order chi connectivity index (χ1) is 9.51. The zero-order valence-corrected chi connectivity index (χ0v) is 13.4. The molecule has 1 heterocycles. The molecular formula is C16H27NO3. The molecule has 1 aliphatic heterocycles. The summed E-state index contributed by atoms with van der Waals surface area (Å²) >= 11 is 0. The zero-order valence-electron chi connectivity index (χ0n) is 13.4. The molecule has 2 aliphatic rings. The summed E-state index contributed by atoms with van der Waals surface area (Å²) in [7, 11) is 4.25. The summed E-state index contributed by atoms with van der Waals surface area (Å²) < 4.78 is 16.9. The lowest BCUT2D eigenvalue weighted by Gasteiger charge is -2.37. The Morgan fingerprint density at radius 3 is 2.50 bits per heavy atom. The highest BCUT2D eigenvalue weighted by molar-refractivity contribution is 5.47. The molecule has 0 aromatic heterocycles. The number of allylic oxidation sites excluding steroid dienone is 1. The largest absolute Gasteiger partial charge is 0.494 e. The van der Waals surface area contributed by atoms with E-state index in [9.17, 15) is 0 Å². The van der Waals surface area contributed by atoms with Crippen molar-refractivity contribution in [2.45, 2.75) is 45.4 Å². The van der Waals surface area contributed by atoms with Crippen LogP contribution in [0.2, 0.25) is 0 Å². The molecule has 4 heteroatoms. The van der Waals surface area contributed by atoms with Crippen molar-refractivity contribution in [3.63, 3.8) is 0 Å². The quantitative estimate of drug-likeness (QED) is 0.749. The zero-order chi connectivity index (χ0) is 14.8. The number of rotatable bonds is 6. The van der Waals surface area contributed by atoms with Crippen LogP contribution in [0.5, 0.6) is 0 Å². The molecule has 20 heavy (non-hydrogen) atoms. The van der Waals surface area contributed by atoms with Gasteiger partial charge in [0.15, 0.2) is 6.29 Å². The van der Waals surface area contributed by atoms with Gasteiger partial charge in [-0.15, -0.1) is 0 Å². The predicted molar refractivity (Wildman–Crippen MR) is 79.4 cm³/mol. The molecule has 1 aliphatic carbocycles. The van der Waals surface area contributed by atoms with E-state index in [2.05, 4.69) is 38.9 Å². The van der Waals surface area contributed by atoms with E-state index in [1.54, 1.807) is 0 Å². The molecule has 0 aromatic carbocycles. The summed E-state index contributed by atoms with van der Waals surface area (Å²) in [5, 5.41) is 0. The van der Waals surface area contributed by atoms with E-state index in [0.717, 1.165) is 18.6 Å². The Kier molecular flexibility index (Phi) is 4.89. The summed E-state index contributed by atoms with van der Waals surface area (Å²) in [5.41, 5.74) is 2.54. The fourth-order valence-corrected chi connectivity index (χ4v) is 3.11. The third kappa shape index (κ3) is 2.78. The van der Waals surface area contributed by atoms with Crippen LogP contribution in [0.25, 0.3) is 0 Å². The highest BCUT2D eigenvalue weighted by Crippen LogP contribution is 2.41. The lowest BCUT2D eigenvalue weighted by atomic mass is 9.86. The summed E-state index contributed by atoms with van der Waals surface area (Å²) in [4.78, 5) is 2.27. The predicted octanol–water partition coefficient (Wildman–Crippen LogP) is 2.71. The smallest absolute Gasteiger partial charge is 0.157 e. The third-order valence-corrected chi connectivity index (χ3v) is 4.50. The van der Waals surface area contributed by atoms with Crippen molar-refractivity contribution in [1.82, 2.24) is 4.90 Å². The molecule has 2 rings (SSSR count). The molecule has 1 atom stereocenters. The number of hydrogen-bond acceptors (Lipinski definition) is 4. The van der Waals surface area contributed by atoms with Crippen LogP contribution in [0.3, 0.4) is 0 Å². The normalized spacial score (nSPS) is 27.6. The maximum atomic E-state index is 5.78. The van der Waals surface area contributed by atoms with Gasteiger partial charge in [-0.3, -0.25) is 4.90 Å². The van der Waals surface area contributed by atoms with E-state index in [1.165, 1.54) is 11.1 Å². The highest BCUT2D eigenvalue weighted by Gasteiger charge is 2.40. The van der Waals surface area contributed by atoms with Crippen LogP contribution in [0.4, 0.5) is 0 Å². The molecule has 0 amide bonds. The van der Waals surface area contributed by atoms with Crippen molar-refractivity contribution < 1.29 is 14.2 Å². The maximum Gasteiger partial charge on any atom is 0.157 e. The van der Waals surface area contributed by atoms with Crippen LogP contribution in [0.1, 0.15) is 33.6 Å². The van der Waals surface area contributed by atoms with Crippen molar-refractivity contribution in [2.75, 3.05) is 33.9 Å². The van der Waals surface area contributed by atoms with Gasteiger partial charge in [0.25, 0.3) is 0 Å². The van der Waals surface area contributed by atoms with E-state index >= 15 is 0 Å². The van der Waals surface area contributed by atoms with E-state index < -0.39 is 0 Å². The van der Waals surface area contributed by atoms with Gasteiger partial charge < -0.3 is 14.2 Å². The topological polar surface area (TPSA) is 30.9 Å². The van der Waals surface area contributed by atoms with Gasteiger partial charge in [-0.1, -0.05) is 0 Å². The average Bonchev–Trinajstić information content (AvgIpc) is 3.00. The number of nitrogens with zero attached hydrogens (tertiary/aromatic N) is 1. The standard InChI is InChI=1S/C16H27NO3/c1-6-18-14-11-16(17(4)5,13(3)12(14)2)8-7-15-19-9-10-20-15/h11,15H,6-10H2,1-5H3. The van der Waals surface area contributed by atoms with Gasteiger partial charge in [0.05, 0.1) is 25.4 Å². The molecule has 0 radical (unpaired) electrons. The SMILES string of the molecule is CCOC1=CC(CCC2OCCO2)(N(C)C)C(C)=C1C. The summed E-state index contributed by atoms with van der Waals surface area (Å²) in [5.74, 6) is 1.02. The molecule has 1 unspecified atom stereocenters. The first-order valence-electron chi connectivity index (χ1n) is 7.46. The Labute approximate surface area is 122 Å². The monoisotopic (exact) mass is 281 g/mol. The Balaban J connectivity index is 2.17. The van der Waals surface area contributed by atoms with Gasteiger partial charge in [0, 0.05) is 6.42 Å². The van der Waals surface area contributed by atoms with Crippen LogP contribution in [-0.2, 0) is 14.2 Å². The molecule has 114 valence electrons. The van der Waals surface area contributed by atoms with Crippen molar-refractivity contribution in [2.24, 2.45) is 0 Å². The van der Waals surface area contributed by atoms with Crippen LogP contribution >= 0.6 is 0 Å². The van der Waals surface area contributed by atoms with Crippen LogP contribution in [0, 0.1) is 0 Å². The minimum absolute atomic E-state index is 0.0514. The number of likely N-dealkylation sites (N-methyl/N-ethyl adjacent to an activating group) is 1. The van der Waals surface area contributed by atoms with E-state index in [-0.39, 0.29) is 11.8 Å². The van der Waals surface area contributed by atoms with Gasteiger partial charge in [-0.2, -0.15) is 0 Å². The van der Waals surface area contributed by atoms with E-state index in [0.29, 0.717) is 19.8 Å². The minimum atomic E-state index is -0.0795. The average molecular weight is 281 g/mol. The minimum Gasteiger partial charge on any atom is -0.494 e. The van der Waals surface area contributed by atoms with Gasteiger partial charge in [0.1, 0.15) is 5.76 Å². The molecule has 0 saturated carbocycles. The summed E-state index contributed by atoms with van der Waals surface area (Å²) in [6.45, 7) is 8.51. The molecule has 0 spiro atoms.